The molecule has 4 aromatic rings. The van der Waals surface area contributed by atoms with Crippen molar-refractivity contribution in [2.24, 2.45) is 5.92 Å². The van der Waals surface area contributed by atoms with Crippen molar-refractivity contribution >= 4 is 16.8 Å². The summed E-state index contributed by atoms with van der Waals surface area (Å²) in [4.78, 5) is 15.9. The number of rotatable bonds is 7. The number of amides is 1. The Morgan fingerprint density at radius 1 is 0.947 bits per heavy atom. The van der Waals surface area contributed by atoms with Crippen LogP contribution in [0.4, 0.5) is 0 Å². The molecule has 2 heterocycles. The molecule has 4 nitrogen and oxygen atoms in total. The van der Waals surface area contributed by atoms with Gasteiger partial charge in [-0.25, -0.2) is 0 Å². The quantitative estimate of drug-likeness (QED) is 0.295. The van der Waals surface area contributed by atoms with Gasteiger partial charge in [0, 0.05) is 47.3 Å². The van der Waals surface area contributed by atoms with Gasteiger partial charge in [-0.2, -0.15) is 0 Å². The van der Waals surface area contributed by atoms with Crippen LogP contribution in [0.15, 0.2) is 72.8 Å². The van der Waals surface area contributed by atoms with Gasteiger partial charge in [-0.15, -0.1) is 0 Å². The lowest BCUT2D eigenvalue weighted by atomic mass is 9.91. The monoisotopic (exact) mass is 505 g/mol. The lowest BCUT2D eigenvalue weighted by Gasteiger charge is -2.36. The van der Waals surface area contributed by atoms with E-state index in [1.165, 1.54) is 71.1 Å². The minimum atomic E-state index is 0.0456. The van der Waals surface area contributed by atoms with Crippen LogP contribution in [0.2, 0.25) is 0 Å². The highest BCUT2D eigenvalue weighted by molar-refractivity contribution is 5.99. The molecule has 1 N–H and O–H groups in total. The molecule has 1 aliphatic heterocycles. The van der Waals surface area contributed by atoms with Gasteiger partial charge in [0.1, 0.15) is 0 Å². The molecule has 0 bridgehead atoms. The Bertz CT molecular complexity index is 1430. The highest BCUT2D eigenvalue weighted by Crippen LogP contribution is 2.32. The molecular weight excluding hydrogens is 466 g/mol. The molecule has 196 valence electrons. The summed E-state index contributed by atoms with van der Waals surface area (Å²) in [6, 6.07) is 26.6. The molecule has 1 saturated carbocycles. The molecule has 2 atom stereocenters. The van der Waals surface area contributed by atoms with Crippen molar-refractivity contribution in [1.29, 1.82) is 0 Å². The normalized spacial score (nSPS) is 19.0. The van der Waals surface area contributed by atoms with E-state index in [1.807, 2.05) is 6.07 Å². The van der Waals surface area contributed by atoms with Gasteiger partial charge in [0.2, 0.25) is 0 Å². The number of aryl methyl sites for hydroxylation is 1. The van der Waals surface area contributed by atoms with Gasteiger partial charge in [-0.3, -0.25) is 4.79 Å². The Balaban J connectivity index is 1.17. The van der Waals surface area contributed by atoms with E-state index in [0.29, 0.717) is 5.92 Å². The van der Waals surface area contributed by atoms with Crippen LogP contribution in [-0.4, -0.2) is 40.5 Å². The minimum Gasteiger partial charge on any atom is -0.349 e. The Labute approximate surface area is 226 Å². The Kier molecular flexibility index (Phi) is 6.84. The zero-order valence-corrected chi connectivity index (χ0v) is 22.9. The van der Waals surface area contributed by atoms with Crippen LogP contribution in [0.25, 0.3) is 22.0 Å². The fourth-order valence-corrected chi connectivity index (χ4v) is 6.24. The smallest absolute Gasteiger partial charge is 0.251 e. The van der Waals surface area contributed by atoms with Crippen LogP contribution >= 0.6 is 0 Å². The molecule has 2 fully saturated rings. The van der Waals surface area contributed by atoms with Crippen molar-refractivity contribution in [2.45, 2.75) is 65.1 Å². The molecule has 1 unspecified atom stereocenters. The minimum absolute atomic E-state index is 0.0456. The molecule has 6 rings (SSSR count). The van der Waals surface area contributed by atoms with Gasteiger partial charge >= 0.3 is 0 Å². The van der Waals surface area contributed by atoms with Crippen LogP contribution in [0.3, 0.4) is 0 Å². The first-order valence-electron chi connectivity index (χ1n) is 14.3. The number of piperidine rings is 1. The number of hydrogen-bond donors (Lipinski definition) is 1. The third-order valence-electron chi connectivity index (χ3n) is 8.92. The maximum atomic E-state index is 13.3. The number of fused-ring (bicyclic) bond motifs is 1. The fraction of sp³-hybridized carbons (Fsp3) is 0.382. The van der Waals surface area contributed by atoms with E-state index >= 15 is 0 Å². The summed E-state index contributed by atoms with van der Waals surface area (Å²) in [6.07, 6.45) is 5.15. The second-order valence-electron chi connectivity index (χ2n) is 11.5. The second kappa shape index (κ2) is 10.4. The summed E-state index contributed by atoms with van der Waals surface area (Å²) in [6.45, 7) is 9.71. The van der Waals surface area contributed by atoms with E-state index in [4.69, 9.17) is 0 Å². The Morgan fingerprint density at radius 3 is 2.42 bits per heavy atom. The fourth-order valence-electron chi connectivity index (χ4n) is 6.24. The Hall–Kier alpha value is -3.37. The van der Waals surface area contributed by atoms with E-state index < -0.39 is 0 Å². The average Bonchev–Trinajstić information content (AvgIpc) is 3.78. The summed E-state index contributed by atoms with van der Waals surface area (Å²) in [5, 5.41) is 4.51. The van der Waals surface area contributed by atoms with E-state index in [-0.39, 0.29) is 11.9 Å². The predicted molar refractivity (Wildman–Crippen MR) is 157 cm³/mol. The SMILES string of the molecule is Cc1c(C)n(Cc2ccc(-c3ccccc3)cc2)c2ccc(C(=O)N[C@@H](C)C3CCCN(C4CC4)C3)cc12. The predicted octanol–water partition coefficient (Wildman–Crippen LogP) is 6.97. The number of carbonyl (C=O) groups excluding carboxylic acids is 1. The number of hydrogen-bond acceptors (Lipinski definition) is 2. The molecule has 2 aliphatic rings. The number of likely N-dealkylation sites (tertiary alicyclic amines) is 1. The first kappa shape index (κ1) is 24.9. The molecule has 1 saturated heterocycles. The lowest BCUT2D eigenvalue weighted by Crippen LogP contribution is -2.46. The summed E-state index contributed by atoms with van der Waals surface area (Å²) in [5.41, 5.74) is 8.18. The molecule has 1 amide bonds. The summed E-state index contributed by atoms with van der Waals surface area (Å²) >= 11 is 0. The zero-order valence-electron chi connectivity index (χ0n) is 22.9. The van der Waals surface area contributed by atoms with Gasteiger partial charge < -0.3 is 14.8 Å². The summed E-state index contributed by atoms with van der Waals surface area (Å²) in [7, 11) is 0. The zero-order chi connectivity index (χ0) is 26.2. The molecule has 38 heavy (non-hydrogen) atoms. The maximum absolute atomic E-state index is 13.3. The second-order valence-corrected chi connectivity index (χ2v) is 11.5. The number of nitrogens with one attached hydrogen (secondary N) is 1. The topological polar surface area (TPSA) is 37.3 Å². The van der Waals surface area contributed by atoms with Gasteiger partial charge in [0.15, 0.2) is 0 Å². The molecule has 3 aromatic carbocycles. The number of nitrogens with zero attached hydrogens (tertiary/aromatic N) is 2. The number of aromatic nitrogens is 1. The van der Waals surface area contributed by atoms with E-state index in [0.717, 1.165) is 24.7 Å². The molecule has 0 spiro atoms. The third kappa shape index (κ3) is 5.02. The van der Waals surface area contributed by atoms with Crippen molar-refractivity contribution in [2.75, 3.05) is 13.1 Å². The van der Waals surface area contributed by atoms with Crippen LogP contribution in [0.5, 0.6) is 0 Å². The molecule has 1 aliphatic carbocycles. The van der Waals surface area contributed by atoms with Crippen molar-refractivity contribution in [3.8, 4) is 11.1 Å². The Morgan fingerprint density at radius 2 is 1.68 bits per heavy atom. The van der Waals surface area contributed by atoms with Crippen molar-refractivity contribution < 1.29 is 4.79 Å². The van der Waals surface area contributed by atoms with Gasteiger partial charge in [0.25, 0.3) is 5.91 Å². The van der Waals surface area contributed by atoms with Crippen molar-refractivity contribution in [1.82, 2.24) is 14.8 Å². The van der Waals surface area contributed by atoms with Gasteiger partial charge in [-0.05, 0) is 99.4 Å². The van der Waals surface area contributed by atoms with E-state index in [1.54, 1.807) is 0 Å². The van der Waals surface area contributed by atoms with Gasteiger partial charge in [0.05, 0.1) is 0 Å². The number of benzene rings is 3. The highest BCUT2D eigenvalue weighted by atomic mass is 16.1. The lowest BCUT2D eigenvalue weighted by molar-refractivity contribution is 0.0890. The van der Waals surface area contributed by atoms with E-state index in [2.05, 4.69) is 102 Å². The average molecular weight is 506 g/mol. The molecule has 0 radical (unpaired) electrons. The van der Waals surface area contributed by atoms with Crippen molar-refractivity contribution in [3.63, 3.8) is 0 Å². The van der Waals surface area contributed by atoms with Crippen LogP contribution in [-0.2, 0) is 6.54 Å². The molecule has 4 heteroatoms. The number of carbonyl (C=O) groups is 1. The summed E-state index contributed by atoms with van der Waals surface area (Å²) in [5.74, 6) is 0.583. The van der Waals surface area contributed by atoms with Crippen LogP contribution in [0.1, 0.15) is 59.8 Å². The van der Waals surface area contributed by atoms with Crippen LogP contribution < -0.4 is 5.32 Å². The first-order valence-corrected chi connectivity index (χ1v) is 14.3. The van der Waals surface area contributed by atoms with Crippen LogP contribution in [0, 0.1) is 19.8 Å². The van der Waals surface area contributed by atoms with E-state index in [9.17, 15) is 4.79 Å². The maximum Gasteiger partial charge on any atom is 0.251 e. The highest BCUT2D eigenvalue weighted by Gasteiger charge is 2.34. The van der Waals surface area contributed by atoms with Crippen molar-refractivity contribution in [3.05, 3.63) is 95.2 Å². The first-order chi connectivity index (χ1) is 18.5. The van der Waals surface area contributed by atoms with Gasteiger partial charge in [-0.1, -0.05) is 54.6 Å². The largest absolute Gasteiger partial charge is 0.349 e. The standard InChI is InChI=1S/C34H39N3O/c1-23-25(3)37(21-26-11-13-28(14-12-26)27-8-5-4-6-9-27)33-18-15-29(20-32(23)33)34(38)35-24(2)30-10-7-19-36(22-30)31-16-17-31/h4-6,8-9,11-15,18,20,24,30-31H,7,10,16-17,19,21-22H2,1-3H3,(H,35,38)/t24-,30?/m0/s1. The molecular formula is C34H39N3O. The third-order valence-corrected chi connectivity index (χ3v) is 8.92. The molecule has 1 aromatic heterocycles. The summed E-state index contributed by atoms with van der Waals surface area (Å²) < 4.78 is 2.38.